The molecule has 0 aliphatic carbocycles. The lowest BCUT2D eigenvalue weighted by Crippen LogP contribution is -2.26. The summed E-state index contributed by atoms with van der Waals surface area (Å²) in [6, 6.07) is 0. The van der Waals surface area contributed by atoms with Crippen molar-refractivity contribution in [2.45, 2.75) is 81.6 Å². The van der Waals surface area contributed by atoms with E-state index in [1.54, 1.807) is 0 Å². The third-order valence-electron chi connectivity index (χ3n) is 5.75. The van der Waals surface area contributed by atoms with Gasteiger partial charge in [0.2, 0.25) is 0 Å². The zero-order chi connectivity index (χ0) is 15.2. The SMILES string of the molecule is CCC(C)C(C(C)C)C(C)CCC(C)C(C)C(C)C. The van der Waals surface area contributed by atoms with Crippen LogP contribution in [0.2, 0.25) is 0 Å². The summed E-state index contributed by atoms with van der Waals surface area (Å²) in [5, 5.41) is 0. The highest BCUT2D eigenvalue weighted by molar-refractivity contribution is 4.76. The first kappa shape index (κ1) is 19.0. The number of hydrogen-bond acceptors (Lipinski definition) is 0. The summed E-state index contributed by atoms with van der Waals surface area (Å²) in [6.45, 7) is 21.7. The predicted octanol–water partition coefficient (Wildman–Crippen LogP) is 6.65. The highest BCUT2D eigenvalue weighted by atomic mass is 14.3. The molecule has 0 aromatic rings. The van der Waals surface area contributed by atoms with Gasteiger partial charge in [0, 0.05) is 0 Å². The molecule has 116 valence electrons. The van der Waals surface area contributed by atoms with Gasteiger partial charge in [0.25, 0.3) is 0 Å². The van der Waals surface area contributed by atoms with Crippen LogP contribution in [-0.4, -0.2) is 0 Å². The van der Waals surface area contributed by atoms with Gasteiger partial charge in [-0.15, -0.1) is 0 Å². The maximum absolute atomic E-state index is 2.49. The summed E-state index contributed by atoms with van der Waals surface area (Å²) in [5.74, 6) is 6.00. The fourth-order valence-electron chi connectivity index (χ4n) is 3.79. The summed E-state index contributed by atoms with van der Waals surface area (Å²) in [5.41, 5.74) is 0. The monoisotopic (exact) mass is 268 g/mol. The third kappa shape index (κ3) is 6.32. The Balaban J connectivity index is 4.38. The van der Waals surface area contributed by atoms with Gasteiger partial charge in [-0.05, 0) is 41.4 Å². The van der Waals surface area contributed by atoms with Gasteiger partial charge in [0.15, 0.2) is 0 Å². The summed E-state index contributed by atoms with van der Waals surface area (Å²) in [4.78, 5) is 0. The third-order valence-corrected chi connectivity index (χ3v) is 5.75. The predicted molar refractivity (Wildman–Crippen MR) is 89.3 cm³/mol. The molecule has 0 radical (unpaired) electrons. The Kier molecular flexibility index (Phi) is 9.03. The molecule has 19 heavy (non-hydrogen) atoms. The van der Waals surface area contributed by atoms with Crippen LogP contribution in [0.25, 0.3) is 0 Å². The van der Waals surface area contributed by atoms with Crippen LogP contribution in [0, 0.1) is 41.4 Å². The van der Waals surface area contributed by atoms with Crippen molar-refractivity contribution in [2.75, 3.05) is 0 Å². The van der Waals surface area contributed by atoms with E-state index < -0.39 is 0 Å². The van der Waals surface area contributed by atoms with Crippen molar-refractivity contribution >= 4 is 0 Å². The average molecular weight is 269 g/mol. The zero-order valence-electron chi connectivity index (χ0n) is 15.2. The van der Waals surface area contributed by atoms with Gasteiger partial charge in [-0.1, -0.05) is 81.6 Å². The van der Waals surface area contributed by atoms with Crippen LogP contribution in [0.4, 0.5) is 0 Å². The lowest BCUT2D eigenvalue weighted by atomic mass is 9.72. The molecular weight excluding hydrogens is 228 g/mol. The molecule has 0 saturated carbocycles. The van der Waals surface area contributed by atoms with E-state index in [4.69, 9.17) is 0 Å². The minimum Gasteiger partial charge on any atom is -0.0651 e. The van der Waals surface area contributed by atoms with Crippen molar-refractivity contribution in [2.24, 2.45) is 41.4 Å². The summed E-state index contributed by atoms with van der Waals surface area (Å²) in [6.07, 6.45) is 4.14. The van der Waals surface area contributed by atoms with E-state index in [2.05, 4.69) is 62.3 Å². The van der Waals surface area contributed by atoms with Crippen LogP contribution in [0.3, 0.4) is 0 Å². The van der Waals surface area contributed by atoms with Crippen molar-refractivity contribution < 1.29 is 0 Å². The van der Waals surface area contributed by atoms with Crippen LogP contribution >= 0.6 is 0 Å². The van der Waals surface area contributed by atoms with Gasteiger partial charge in [-0.3, -0.25) is 0 Å². The first-order valence-electron chi connectivity index (χ1n) is 8.72. The second-order valence-corrected chi connectivity index (χ2v) is 7.84. The Morgan fingerprint density at radius 1 is 0.579 bits per heavy atom. The molecule has 0 amide bonds. The molecule has 0 bridgehead atoms. The van der Waals surface area contributed by atoms with Crippen LogP contribution < -0.4 is 0 Å². The molecule has 0 heterocycles. The topological polar surface area (TPSA) is 0 Å². The second kappa shape index (κ2) is 9.03. The van der Waals surface area contributed by atoms with E-state index in [1.807, 2.05) is 0 Å². The van der Waals surface area contributed by atoms with E-state index in [-0.39, 0.29) is 0 Å². The first-order valence-corrected chi connectivity index (χ1v) is 8.72. The van der Waals surface area contributed by atoms with E-state index >= 15 is 0 Å². The molecule has 5 unspecified atom stereocenters. The molecule has 0 fully saturated rings. The Morgan fingerprint density at radius 3 is 1.42 bits per heavy atom. The van der Waals surface area contributed by atoms with Crippen LogP contribution in [0.15, 0.2) is 0 Å². The molecule has 0 saturated heterocycles. The maximum Gasteiger partial charge on any atom is -0.0340 e. The summed E-state index contributed by atoms with van der Waals surface area (Å²) in [7, 11) is 0. The van der Waals surface area contributed by atoms with Gasteiger partial charge < -0.3 is 0 Å². The normalized spacial score (nSPS) is 20.4. The lowest BCUT2D eigenvalue weighted by molar-refractivity contribution is 0.159. The number of hydrogen-bond donors (Lipinski definition) is 0. The van der Waals surface area contributed by atoms with E-state index in [0.717, 1.165) is 41.4 Å². The van der Waals surface area contributed by atoms with Gasteiger partial charge in [-0.2, -0.15) is 0 Å². The van der Waals surface area contributed by atoms with Crippen molar-refractivity contribution in [1.82, 2.24) is 0 Å². The van der Waals surface area contributed by atoms with Crippen LogP contribution in [-0.2, 0) is 0 Å². The summed E-state index contributed by atoms with van der Waals surface area (Å²) < 4.78 is 0. The molecular formula is C19H40. The minimum atomic E-state index is 0.820. The Hall–Kier alpha value is 0. The van der Waals surface area contributed by atoms with E-state index in [0.29, 0.717) is 0 Å². The Bertz CT molecular complexity index is 216. The van der Waals surface area contributed by atoms with Gasteiger partial charge in [-0.25, -0.2) is 0 Å². The zero-order valence-corrected chi connectivity index (χ0v) is 15.2. The molecule has 5 atom stereocenters. The lowest BCUT2D eigenvalue weighted by Gasteiger charge is -2.34. The van der Waals surface area contributed by atoms with Gasteiger partial charge >= 0.3 is 0 Å². The standard InChI is InChI=1S/C19H40/c1-10-15(6)19(14(4)5)17(8)12-11-16(7)18(9)13(2)3/h13-19H,10-12H2,1-9H3. The molecule has 0 N–H and O–H groups in total. The first-order chi connectivity index (χ1) is 8.72. The summed E-state index contributed by atoms with van der Waals surface area (Å²) >= 11 is 0. The quantitative estimate of drug-likeness (QED) is 0.439. The maximum atomic E-state index is 2.49. The van der Waals surface area contributed by atoms with Crippen LogP contribution in [0.5, 0.6) is 0 Å². The molecule has 0 rings (SSSR count). The van der Waals surface area contributed by atoms with Crippen LogP contribution in [0.1, 0.15) is 81.6 Å². The minimum absolute atomic E-state index is 0.820. The second-order valence-electron chi connectivity index (χ2n) is 7.84. The Morgan fingerprint density at radius 2 is 1.05 bits per heavy atom. The van der Waals surface area contributed by atoms with Crippen molar-refractivity contribution in [3.05, 3.63) is 0 Å². The molecule has 0 nitrogen and oxygen atoms in total. The van der Waals surface area contributed by atoms with Gasteiger partial charge in [0.05, 0.1) is 0 Å². The smallest absolute Gasteiger partial charge is 0.0340 e. The van der Waals surface area contributed by atoms with Crippen molar-refractivity contribution in [3.8, 4) is 0 Å². The largest absolute Gasteiger partial charge is 0.0651 e. The van der Waals surface area contributed by atoms with Gasteiger partial charge in [0.1, 0.15) is 0 Å². The molecule has 0 aromatic carbocycles. The average Bonchev–Trinajstić information content (AvgIpc) is 2.34. The molecule has 0 aromatic heterocycles. The molecule has 0 aliphatic heterocycles. The van der Waals surface area contributed by atoms with Crippen molar-refractivity contribution in [1.29, 1.82) is 0 Å². The highest BCUT2D eigenvalue weighted by Gasteiger charge is 2.26. The van der Waals surface area contributed by atoms with E-state index in [9.17, 15) is 0 Å². The van der Waals surface area contributed by atoms with Crippen molar-refractivity contribution in [3.63, 3.8) is 0 Å². The number of rotatable bonds is 9. The molecule has 0 spiro atoms. The molecule has 0 heteroatoms. The van der Waals surface area contributed by atoms with E-state index in [1.165, 1.54) is 19.3 Å². The highest BCUT2D eigenvalue weighted by Crippen LogP contribution is 2.35. The molecule has 0 aliphatic rings. The Labute approximate surface area is 123 Å². The fraction of sp³-hybridized carbons (Fsp3) is 1.00. The fourth-order valence-corrected chi connectivity index (χ4v) is 3.79.